The zero-order valence-electron chi connectivity index (χ0n) is 8.68. The first-order valence-corrected chi connectivity index (χ1v) is 5.89. The Morgan fingerprint density at radius 3 is 2.60 bits per heavy atom. The van der Waals surface area contributed by atoms with Crippen molar-refractivity contribution in [2.24, 2.45) is 0 Å². The van der Waals surface area contributed by atoms with Gasteiger partial charge in [-0.2, -0.15) is 0 Å². The molecule has 0 saturated carbocycles. The molecule has 4 heteroatoms. The molecule has 0 unspecified atom stereocenters. The third-order valence-corrected chi connectivity index (χ3v) is 3.01. The van der Waals surface area contributed by atoms with E-state index in [2.05, 4.69) is 28.2 Å². The molecule has 0 saturated heterocycles. The number of hydrogen-bond donors (Lipinski definition) is 1. The summed E-state index contributed by atoms with van der Waals surface area (Å²) in [6.07, 6.45) is 0. The van der Waals surface area contributed by atoms with Gasteiger partial charge in [-0.25, -0.2) is 0 Å². The van der Waals surface area contributed by atoms with Gasteiger partial charge < -0.3 is 14.8 Å². The Kier molecular flexibility index (Phi) is 3.49. The fraction of sp³-hybridized carbons (Fsp3) is 0.455. The van der Waals surface area contributed by atoms with Crippen LogP contribution in [0.2, 0.25) is 0 Å². The van der Waals surface area contributed by atoms with Gasteiger partial charge in [0.1, 0.15) is 13.2 Å². The molecule has 1 aliphatic rings. The van der Waals surface area contributed by atoms with E-state index in [-0.39, 0.29) is 0 Å². The fourth-order valence-corrected chi connectivity index (χ4v) is 1.96. The van der Waals surface area contributed by atoms with Gasteiger partial charge in [-0.1, -0.05) is 22.9 Å². The van der Waals surface area contributed by atoms with Crippen molar-refractivity contribution >= 4 is 15.9 Å². The van der Waals surface area contributed by atoms with E-state index in [9.17, 15) is 0 Å². The van der Waals surface area contributed by atoms with Gasteiger partial charge in [0.2, 0.25) is 0 Å². The molecule has 1 N–H and O–H groups in total. The molecule has 1 aliphatic heterocycles. The SMILES string of the molecule is CCNCc1cc2c(cc1Br)OCCO2. The summed E-state index contributed by atoms with van der Waals surface area (Å²) >= 11 is 3.53. The van der Waals surface area contributed by atoms with Crippen LogP contribution in [0.15, 0.2) is 16.6 Å². The molecule has 0 amide bonds. The summed E-state index contributed by atoms with van der Waals surface area (Å²) in [4.78, 5) is 0. The van der Waals surface area contributed by atoms with E-state index in [0.29, 0.717) is 13.2 Å². The van der Waals surface area contributed by atoms with Crippen molar-refractivity contribution in [1.29, 1.82) is 0 Å². The first-order valence-electron chi connectivity index (χ1n) is 5.10. The molecule has 1 aromatic rings. The van der Waals surface area contributed by atoms with Gasteiger partial charge in [0.15, 0.2) is 11.5 Å². The smallest absolute Gasteiger partial charge is 0.162 e. The van der Waals surface area contributed by atoms with Crippen molar-refractivity contribution in [2.75, 3.05) is 19.8 Å². The Morgan fingerprint density at radius 1 is 1.27 bits per heavy atom. The predicted molar refractivity (Wildman–Crippen MR) is 62.5 cm³/mol. The molecule has 3 nitrogen and oxygen atoms in total. The summed E-state index contributed by atoms with van der Waals surface area (Å²) in [5, 5.41) is 3.29. The number of benzene rings is 1. The van der Waals surface area contributed by atoms with E-state index in [1.54, 1.807) is 0 Å². The highest BCUT2D eigenvalue weighted by Gasteiger charge is 2.14. The molecule has 2 rings (SSSR count). The zero-order chi connectivity index (χ0) is 10.7. The number of ether oxygens (including phenoxy) is 2. The minimum Gasteiger partial charge on any atom is -0.486 e. The van der Waals surface area contributed by atoms with Crippen molar-refractivity contribution in [2.45, 2.75) is 13.5 Å². The lowest BCUT2D eigenvalue weighted by molar-refractivity contribution is 0.171. The molecule has 0 radical (unpaired) electrons. The van der Waals surface area contributed by atoms with E-state index in [4.69, 9.17) is 9.47 Å². The van der Waals surface area contributed by atoms with E-state index >= 15 is 0 Å². The maximum Gasteiger partial charge on any atom is 0.162 e. The summed E-state index contributed by atoms with van der Waals surface area (Å²) in [5.74, 6) is 1.67. The normalized spacial score (nSPS) is 14.0. The molecule has 15 heavy (non-hydrogen) atoms. The first-order chi connectivity index (χ1) is 7.31. The minimum atomic E-state index is 0.631. The molecule has 0 aromatic heterocycles. The van der Waals surface area contributed by atoms with Gasteiger partial charge >= 0.3 is 0 Å². The van der Waals surface area contributed by atoms with Crippen LogP contribution in [0.3, 0.4) is 0 Å². The van der Waals surface area contributed by atoms with Crippen LogP contribution in [0.1, 0.15) is 12.5 Å². The van der Waals surface area contributed by atoms with Crippen LogP contribution >= 0.6 is 15.9 Å². The second kappa shape index (κ2) is 4.86. The van der Waals surface area contributed by atoms with Gasteiger partial charge in [0.05, 0.1) is 0 Å². The molecule has 0 aliphatic carbocycles. The van der Waals surface area contributed by atoms with Crippen molar-refractivity contribution in [3.63, 3.8) is 0 Å². The first kappa shape index (κ1) is 10.8. The second-order valence-corrected chi connectivity index (χ2v) is 4.22. The summed E-state index contributed by atoms with van der Waals surface area (Å²) in [6.45, 7) is 5.15. The van der Waals surface area contributed by atoms with Crippen LogP contribution in [-0.4, -0.2) is 19.8 Å². The molecule has 0 spiro atoms. The highest BCUT2D eigenvalue weighted by molar-refractivity contribution is 9.10. The van der Waals surface area contributed by atoms with E-state index in [1.165, 1.54) is 5.56 Å². The van der Waals surface area contributed by atoms with Gasteiger partial charge in [0, 0.05) is 11.0 Å². The van der Waals surface area contributed by atoms with Crippen LogP contribution in [0, 0.1) is 0 Å². The number of rotatable bonds is 3. The quantitative estimate of drug-likeness (QED) is 0.916. The molecular formula is C11H14BrNO2. The highest BCUT2D eigenvalue weighted by Crippen LogP contribution is 2.35. The van der Waals surface area contributed by atoms with Crippen LogP contribution in [0.4, 0.5) is 0 Å². The third-order valence-electron chi connectivity index (χ3n) is 2.28. The monoisotopic (exact) mass is 271 g/mol. The summed E-state index contributed by atoms with van der Waals surface area (Å²) in [6, 6.07) is 4.00. The summed E-state index contributed by atoms with van der Waals surface area (Å²) in [5.41, 5.74) is 1.20. The lowest BCUT2D eigenvalue weighted by Crippen LogP contribution is -2.17. The third kappa shape index (κ3) is 2.44. The maximum atomic E-state index is 5.53. The molecule has 1 aromatic carbocycles. The molecule has 82 valence electrons. The van der Waals surface area contributed by atoms with Crippen LogP contribution in [0.25, 0.3) is 0 Å². The molecule has 0 fully saturated rings. The van der Waals surface area contributed by atoms with Crippen molar-refractivity contribution in [3.8, 4) is 11.5 Å². The number of fused-ring (bicyclic) bond motifs is 1. The van der Waals surface area contributed by atoms with Gasteiger partial charge in [-0.15, -0.1) is 0 Å². The van der Waals surface area contributed by atoms with E-state index < -0.39 is 0 Å². The Morgan fingerprint density at radius 2 is 1.93 bits per heavy atom. The van der Waals surface area contributed by atoms with Crippen LogP contribution in [-0.2, 0) is 6.54 Å². The Balaban J connectivity index is 2.24. The average molecular weight is 272 g/mol. The van der Waals surface area contributed by atoms with Gasteiger partial charge in [-0.05, 0) is 24.2 Å². The van der Waals surface area contributed by atoms with Gasteiger partial charge in [0.25, 0.3) is 0 Å². The van der Waals surface area contributed by atoms with Crippen LogP contribution in [0.5, 0.6) is 11.5 Å². The lowest BCUT2D eigenvalue weighted by Gasteiger charge is -2.20. The number of hydrogen-bond acceptors (Lipinski definition) is 3. The summed E-state index contributed by atoms with van der Waals surface area (Å²) in [7, 11) is 0. The Hall–Kier alpha value is -0.740. The fourth-order valence-electron chi connectivity index (χ4n) is 1.50. The Bertz CT molecular complexity index is 355. The van der Waals surface area contributed by atoms with Crippen molar-refractivity contribution in [1.82, 2.24) is 5.32 Å². The van der Waals surface area contributed by atoms with Crippen molar-refractivity contribution in [3.05, 3.63) is 22.2 Å². The molecule has 0 atom stereocenters. The van der Waals surface area contributed by atoms with E-state index in [0.717, 1.165) is 29.1 Å². The second-order valence-electron chi connectivity index (χ2n) is 3.37. The molecule has 0 bridgehead atoms. The number of nitrogens with one attached hydrogen (secondary N) is 1. The minimum absolute atomic E-state index is 0.631. The molecular weight excluding hydrogens is 258 g/mol. The van der Waals surface area contributed by atoms with Gasteiger partial charge in [-0.3, -0.25) is 0 Å². The lowest BCUT2D eigenvalue weighted by atomic mass is 10.2. The van der Waals surface area contributed by atoms with Crippen molar-refractivity contribution < 1.29 is 9.47 Å². The standard InChI is InChI=1S/C11H14BrNO2/c1-2-13-7-8-5-10-11(6-9(8)12)15-4-3-14-10/h5-6,13H,2-4,7H2,1H3. The van der Waals surface area contributed by atoms with E-state index in [1.807, 2.05) is 12.1 Å². The zero-order valence-corrected chi connectivity index (χ0v) is 10.3. The molecule has 1 heterocycles. The average Bonchev–Trinajstić information content (AvgIpc) is 2.26. The largest absolute Gasteiger partial charge is 0.486 e. The Labute approximate surface area is 97.9 Å². The van der Waals surface area contributed by atoms with Crippen LogP contribution < -0.4 is 14.8 Å². The highest BCUT2D eigenvalue weighted by atomic mass is 79.9. The maximum absolute atomic E-state index is 5.53. The predicted octanol–water partition coefficient (Wildman–Crippen LogP) is 2.33. The summed E-state index contributed by atoms with van der Waals surface area (Å²) < 4.78 is 12.1. The topological polar surface area (TPSA) is 30.5 Å². The number of halogens is 1.